The number of nitrogens with zero attached hydrogens (tertiary/aromatic N) is 2. The Morgan fingerprint density at radius 3 is 2.50 bits per heavy atom. The second-order valence-corrected chi connectivity index (χ2v) is 7.57. The van der Waals surface area contributed by atoms with Crippen LogP contribution in [0, 0.1) is 6.92 Å². The van der Waals surface area contributed by atoms with Crippen LogP contribution < -0.4 is 9.64 Å². The molecule has 0 radical (unpaired) electrons. The fraction of sp³-hybridized carbons (Fsp3) is 0.333. The van der Waals surface area contributed by atoms with E-state index in [1.165, 1.54) is 11.3 Å². The van der Waals surface area contributed by atoms with Gasteiger partial charge in [0.05, 0.1) is 0 Å². The minimum atomic E-state index is -0.496. The zero-order valence-corrected chi connectivity index (χ0v) is 16.4. The third-order valence-electron chi connectivity index (χ3n) is 5.39. The Kier molecular flexibility index (Phi) is 5.79. The van der Waals surface area contributed by atoms with E-state index in [2.05, 4.69) is 59.2 Å². The third kappa shape index (κ3) is 4.46. The number of ether oxygens (including phenoxy) is 1. The lowest BCUT2D eigenvalue weighted by Gasteiger charge is -2.37. The van der Waals surface area contributed by atoms with Crippen molar-refractivity contribution in [2.45, 2.75) is 13.0 Å². The Morgan fingerprint density at radius 1 is 0.929 bits per heavy atom. The molecule has 1 saturated heterocycles. The normalized spacial score (nSPS) is 16.3. The van der Waals surface area contributed by atoms with E-state index in [4.69, 9.17) is 4.74 Å². The first-order chi connectivity index (χ1) is 13.7. The van der Waals surface area contributed by atoms with Crippen LogP contribution in [0.25, 0.3) is 10.8 Å². The van der Waals surface area contributed by atoms with E-state index in [1.807, 2.05) is 24.3 Å². The van der Waals surface area contributed by atoms with Gasteiger partial charge in [0.15, 0.2) is 0 Å². The molecule has 4 heteroatoms. The van der Waals surface area contributed by atoms with Crippen molar-refractivity contribution in [2.75, 3.05) is 44.2 Å². The van der Waals surface area contributed by atoms with Crippen molar-refractivity contribution in [3.8, 4) is 5.75 Å². The van der Waals surface area contributed by atoms with E-state index in [0.29, 0.717) is 13.2 Å². The van der Waals surface area contributed by atoms with Crippen LogP contribution in [-0.2, 0) is 0 Å². The summed E-state index contributed by atoms with van der Waals surface area (Å²) in [5.41, 5.74) is 2.58. The minimum Gasteiger partial charge on any atom is -0.490 e. The molecule has 1 N–H and O–H groups in total. The number of aliphatic hydroxyl groups is 1. The minimum absolute atomic E-state index is 0.312. The van der Waals surface area contributed by atoms with Crippen LogP contribution >= 0.6 is 0 Å². The zero-order valence-electron chi connectivity index (χ0n) is 16.4. The van der Waals surface area contributed by atoms with Crippen LogP contribution in [0.5, 0.6) is 5.75 Å². The van der Waals surface area contributed by atoms with Crippen LogP contribution in [0.15, 0.2) is 66.7 Å². The van der Waals surface area contributed by atoms with Gasteiger partial charge in [-0.15, -0.1) is 0 Å². The average molecular weight is 377 g/mol. The lowest BCUT2D eigenvalue weighted by atomic mass is 10.1. The Hall–Kier alpha value is -2.56. The second kappa shape index (κ2) is 8.63. The van der Waals surface area contributed by atoms with Crippen molar-refractivity contribution in [3.05, 3.63) is 72.3 Å². The van der Waals surface area contributed by atoms with Crippen LogP contribution in [0.4, 0.5) is 5.69 Å². The van der Waals surface area contributed by atoms with Crippen molar-refractivity contribution in [1.82, 2.24) is 4.90 Å². The number of rotatable bonds is 6. The largest absolute Gasteiger partial charge is 0.490 e. The average Bonchev–Trinajstić information content (AvgIpc) is 2.73. The number of hydrogen-bond acceptors (Lipinski definition) is 4. The van der Waals surface area contributed by atoms with Gasteiger partial charge in [-0.1, -0.05) is 48.5 Å². The van der Waals surface area contributed by atoms with Gasteiger partial charge in [0.2, 0.25) is 0 Å². The summed E-state index contributed by atoms with van der Waals surface area (Å²) in [7, 11) is 0. The number of aryl methyl sites for hydroxylation is 1. The molecule has 1 heterocycles. The summed E-state index contributed by atoms with van der Waals surface area (Å²) < 4.78 is 5.94. The first-order valence-electron chi connectivity index (χ1n) is 10.0. The maximum atomic E-state index is 10.5. The summed E-state index contributed by atoms with van der Waals surface area (Å²) in [5, 5.41) is 12.7. The maximum absolute atomic E-state index is 10.5. The molecule has 0 bridgehead atoms. The molecular formula is C24H28N2O2. The summed E-state index contributed by atoms with van der Waals surface area (Å²) >= 11 is 0. The molecule has 3 aromatic rings. The molecule has 28 heavy (non-hydrogen) atoms. The van der Waals surface area contributed by atoms with Crippen molar-refractivity contribution in [2.24, 2.45) is 0 Å². The molecule has 4 nitrogen and oxygen atoms in total. The molecule has 0 unspecified atom stereocenters. The zero-order chi connectivity index (χ0) is 19.3. The van der Waals surface area contributed by atoms with Gasteiger partial charge in [-0.25, -0.2) is 0 Å². The summed E-state index contributed by atoms with van der Waals surface area (Å²) in [6.45, 7) is 6.98. The second-order valence-electron chi connectivity index (χ2n) is 7.57. The van der Waals surface area contributed by atoms with Gasteiger partial charge in [-0.2, -0.15) is 0 Å². The Morgan fingerprint density at radius 2 is 1.68 bits per heavy atom. The molecule has 1 aliphatic rings. The van der Waals surface area contributed by atoms with Crippen molar-refractivity contribution < 1.29 is 9.84 Å². The predicted octanol–water partition coefficient (Wildman–Crippen LogP) is 3.71. The van der Waals surface area contributed by atoms with Gasteiger partial charge in [-0.3, -0.25) is 4.90 Å². The summed E-state index contributed by atoms with van der Waals surface area (Å²) in [5.74, 6) is 0.835. The van der Waals surface area contributed by atoms with Gasteiger partial charge >= 0.3 is 0 Å². The van der Waals surface area contributed by atoms with E-state index in [0.717, 1.165) is 42.7 Å². The first kappa shape index (κ1) is 18.8. The van der Waals surface area contributed by atoms with Crippen LogP contribution in [0.1, 0.15) is 5.56 Å². The highest BCUT2D eigenvalue weighted by Crippen LogP contribution is 2.25. The molecule has 1 aliphatic heterocycles. The van der Waals surface area contributed by atoms with Gasteiger partial charge in [0.1, 0.15) is 18.5 Å². The molecule has 0 saturated carbocycles. The number of fused-ring (bicyclic) bond motifs is 1. The monoisotopic (exact) mass is 376 g/mol. The molecule has 1 fully saturated rings. The van der Waals surface area contributed by atoms with Crippen LogP contribution in [0.3, 0.4) is 0 Å². The number of piperazine rings is 1. The standard InChI is InChI=1S/C24H28N2O2/c1-19-6-4-9-21(16-19)26-14-12-25(13-15-26)17-22(27)18-28-24-11-5-8-20-7-2-3-10-23(20)24/h2-11,16,22,27H,12-15,17-18H2,1H3/t22-/m0/s1. The highest BCUT2D eigenvalue weighted by atomic mass is 16.5. The first-order valence-corrected chi connectivity index (χ1v) is 10.0. The Balaban J connectivity index is 1.27. The molecule has 3 aromatic carbocycles. The SMILES string of the molecule is Cc1cccc(N2CCN(C[C@H](O)COc3cccc4ccccc34)CC2)c1. The molecule has 0 aromatic heterocycles. The fourth-order valence-corrected chi connectivity index (χ4v) is 3.87. The lowest BCUT2D eigenvalue weighted by Crippen LogP contribution is -2.49. The van der Waals surface area contributed by atoms with Crippen molar-refractivity contribution in [1.29, 1.82) is 0 Å². The van der Waals surface area contributed by atoms with Crippen LogP contribution in [-0.4, -0.2) is 55.4 Å². The molecule has 1 atom stereocenters. The van der Waals surface area contributed by atoms with E-state index < -0.39 is 6.10 Å². The van der Waals surface area contributed by atoms with Crippen LogP contribution in [0.2, 0.25) is 0 Å². The fourth-order valence-electron chi connectivity index (χ4n) is 3.87. The molecule has 146 valence electrons. The van der Waals surface area contributed by atoms with E-state index in [-0.39, 0.29) is 0 Å². The number of β-amino-alcohol motifs (C(OH)–C–C–N with tert-alkyl or cyclic N) is 1. The van der Waals surface area contributed by atoms with Gasteiger partial charge in [0.25, 0.3) is 0 Å². The number of aliphatic hydroxyl groups excluding tert-OH is 1. The molecule has 0 spiro atoms. The highest BCUT2D eigenvalue weighted by Gasteiger charge is 2.20. The summed E-state index contributed by atoms with van der Waals surface area (Å²) in [6.07, 6.45) is -0.496. The van der Waals surface area contributed by atoms with Crippen molar-refractivity contribution >= 4 is 16.5 Å². The number of benzene rings is 3. The van der Waals surface area contributed by atoms with E-state index in [9.17, 15) is 5.11 Å². The predicted molar refractivity (Wildman–Crippen MR) is 115 cm³/mol. The number of anilines is 1. The van der Waals surface area contributed by atoms with Gasteiger partial charge < -0.3 is 14.7 Å². The Bertz CT molecular complexity index is 914. The molecule has 4 rings (SSSR count). The maximum Gasteiger partial charge on any atom is 0.127 e. The highest BCUT2D eigenvalue weighted by molar-refractivity contribution is 5.88. The van der Waals surface area contributed by atoms with Gasteiger partial charge in [0, 0.05) is 43.8 Å². The van der Waals surface area contributed by atoms with E-state index >= 15 is 0 Å². The Labute approximate surface area is 167 Å². The topological polar surface area (TPSA) is 35.9 Å². The van der Waals surface area contributed by atoms with Crippen molar-refractivity contribution in [3.63, 3.8) is 0 Å². The molecular weight excluding hydrogens is 348 g/mol. The summed E-state index contributed by atoms with van der Waals surface area (Å²) in [6, 6.07) is 22.9. The van der Waals surface area contributed by atoms with Gasteiger partial charge in [-0.05, 0) is 36.1 Å². The molecule has 0 amide bonds. The number of hydrogen-bond donors (Lipinski definition) is 1. The molecule has 0 aliphatic carbocycles. The lowest BCUT2D eigenvalue weighted by molar-refractivity contribution is 0.0668. The van der Waals surface area contributed by atoms with E-state index in [1.54, 1.807) is 0 Å². The third-order valence-corrected chi connectivity index (χ3v) is 5.39. The smallest absolute Gasteiger partial charge is 0.127 e. The quantitative estimate of drug-likeness (QED) is 0.711. The summed E-state index contributed by atoms with van der Waals surface area (Å²) in [4.78, 5) is 4.74.